The Morgan fingerprint density at radius 3 is 2.67 bits per heavy atom. The zero-order valence-electron chi connectivity index (χ0n) is 11.3. The Bertz CT molecular complexity index is 450. The molecule has 3 N–H and O–H groups in total. The van der Waals surface area contributed by atoms with Crippen molar-refractivity contribution in [2.75, 3.05) is 12.3 Å². The number of carbonyl (C=O) groups excluding carboxylic acids is 1. The van der Waals surface area contributed by atoms with E-state index >= 15 is 0 Å². The standard InChI is InChI=1S/C15H22N2O/c1-10-8-11(2)14(16)9-13(10)15(18)17-7-6-12-4-3-5-12/h8-9,12H,3-7,16H2,1-2H3,(H,17,18). The number of nitrogen functional groups attached to an aromatic ring is 1. The fourth-order valence-corrected chi connectivity index (χ4v) is 2.38. The first-order chi connectivity index (χ1) is 8.58. The van der Waals surface area contributed by atoms with E-state index in [1.807, 2.05) is 19.9 Å². The Kier molecular flexibility index (Phi) is 3.90. The van der Waals surface area contributed by atoms with Gasteiger partial charge in [-0.25, -0.2) is 0 Å². The van der Waals surface area contributed by atoms with Gasteiger partial charge in [-0.1, -0.05) is 25.3 Å². The average molecular weight is 246 g/mol. The van der Waals surface area contributed by atoms with E-state index < -0.39 is 0 Å². The Morgan fingerprint density at radius 1 is 1.33 bits per heavy atom. The molecule has 0 heterocycles. The molecule has 0 bridgehead atoms. The molecule has 3 nitrogen and oxygen atoms in total. The molecule has 0 spiro atoms. The van der Waals surface area contributed by atoms with Gasteiger partial charge in [0.25, 0.3) is 5.91 Å². The number of hydrogen-bond donors (Lipinski definition) is 2. The molecule has 1 aromatic rings. The first-order valence-corrected chi connectivity index (χ1v) is 6.73. The zero-order chi connectivity index (χ0) is 13.1. The quantitative estimate of drug-likeness (QED) is 0.803. The molecule has 1 aliphatic rings. The van der Waals surface area contributed by atoms with Crippen LogP contribution in [0.15, 0.2) is 12.1 Å². The number of nitrogens with one attached hydrogen (secondary N) is 1. The van der Waals surface area contributed by atoms with Gasteiger partial charge in [-0.15, -0.1) is 0 Å². The van der Waals surface area contributed by atoms with Crippen LogP contribution in [0.2, 0.25) is 0 Å². The van der Waals surface area contributed by atoms with Crippen molar-refractivity contribution in [3.8, 4) is 0 Å². The second-order valence-electron chi connectivity index (χ2n) is 5.37. The van der Waals surface area contributed by atoms with Crippen LogP contribution >= 0.6 is 0 Å². The van der Waals surface area contributed by atoms with Crippen LogP contribution in [-0.4, -0.2) is 12.5 Å². The normalized spacial score (nSPS) is 15.2. The molecule has 1 aromatic carbocycles. The third-order valence-corrected chi connectivity index (χ3v) is 3.92. The van der Waals surface area contributed by atoms with Crippen LogP contribution in [0.3, 0.4) is 0 Å². The van der Waals surface area contributed by atoms with Crippen LogP contribution in [-0.2, 0) is 0 Å². The minimum absolute atomic E-state index is 0.00137. The molecule has 1 saturated carbocycles. The monoisotopic (exact) mass is 246 g/mol. The molecule has 98 valence electrons. The van der Waals surface area contributed by atoms with Gasteiger partial charge in [0.15, 0.2) is 0 Å². The second-order valence-corrected chi connectivity index (χ2v) is 5.37. The predicted octanol–water partition coefficient (Wildman–Crippen LogP) is 2.81. The molecular formula is C15H22N2O. The Labute approximate surface area is 109 Å². The highest BCUT2D eigenvalue weighted by Crippen LogP contribution is 2.28. The van der Waals surface area contributed by atoms with Gasteiger partial charge in [0.2, 0.25) is 0 Å². The number of hydrogen-bond acceptors (Lipinski definition) is 2. The third-order valence-electron chi connectivity index (χ3n) is 3.92. The van der Waals surface area contributed by atoms with Gasteiger partial charge in [0.1, 0.15) is 0 Å². The molecule has 18 heavy (non-hydrogen) atoms. The Hall–Kier alpha value is -1.51. The summed E-state index contributed by atoms with van der Waals surface area (Å²) in [6.07, 6.45) is 5.11. The molecule has 0 unspecified atom stereocenters. The summed E-state index contributed by atoms with van der Waals surface area (Å²) in [7, 11) is 0. The van der Waals surface area contributed by atoms with E-state index in [0.29, 0.717) is 11.3 Å². The van der Waals surface area contributed by atoms with E-state index in [1.165, 1.54) is 19.3 Å². The van der Waals surface area contributed by atoms with Crippen LogP contribution in [0.25, 0.3) is 0 Å². The van der Waals surface area contributed by atoms with Crippen LogP contribution in [0, 0.1) is 19.8 Å². The van der Waals surface area contributed by atoms with Crippen LogP contribution in [0.1, 0.15) is 47.2 Å². The van der Waals surface area contributed by atoms with Gasteiger partial charge in [-0.05, 0) is 43.4 Å². The van der Waals surface area contributed by atoms with E-state index in [-0.39, 0.29) is 5.91 Å². The molecule has 0 aliphatic heterocycles. The fraction of sp³-hybridized carbons (Fsp3) is 0.533. The summed E-state index contributed by atoms with van der Waals surface area (Å²) in [5.74, 6) is 0.827. The Morgan fingerprint density at radius 2 is 2.06 bits per heavy atom. The van der Waals surface area contributed by atoms with Crippen molar-refractivity contribution in [1.82, 2.24) is 5.32 Å². The van der Waals surface area contributed by atoms with Crippen molar-refractivity contribution >= 4 is 11.6 Å². The van der Waals surface area contributed by atoms with Gasteiger partial charge in [0, 0.05) is 17.8 Å². The molecule has 0 atom stereocenters. The minimum atomic E-state index is -0.00137. The van der Waals surface area contributed by atoms with E-state index in [4.69, 9.17) is 5.73 Å². The van der Waals surface area contributed by atoms with Crippen molar-refractivity contribution in [2.45, 2.75) is 39.5 Å². The van der Waals surface area contributed by atoms with Gasteiger partial charge in [0.05, 0.1) is 0 Å². The highest BCUT2D eigenvalue weighted by atomic mass is 16.1. The molecule has 0 saturated heterocycles. The first kappa shape index (κ1) is 12.9. The van der Waals surface area contributed by atoms with Crippen LogP contribution < -0.4 is 11.1 Å². The van der Waals surface area contributed by atoms with Gasteiger partial charge >= 0.3 is 0 Å². The molecular weight excluding hydrogens is 224 g/mol. The van der Waals surface area contributed by atoms with Gasteiger partial charge in [-0.3, -0.25) is 4.79 Å². The van der Waals surface area contributed by atoms with E-state index in [9.17, 15) is 4.79 Å². The summed E-state index contributed by atoms with van der Waals surface area (Å²) in [6, 6.07) is 3.75. The van der Waals surface area contributed by atoms with Crippen molar-refractivity contribution in [3.63, 3.8) is 0 Å². The lowest BCUT2D eigenvalue weighted by Gasteiger charge is -2.25. The number of carbonyl (C=O) groups is 1. The molecule has 0 aromatic heterocycles. The molecule has 1 amide bonds. The third kappa shape index (κ3) is 2.84. The highest BCUT2D eigenvalue weighted by molar-refractivity contribution is 5.96. The maximum atomic E-state index is 12.1. The average Bonchev–Trinajstić information content (AvgIpc) is 2.26. The lowest BCUT2D eigenvalue weighted by molar-refractivity contribution is 0.0948. The second kappa shape index (κ2) is 5.42. The topological polar surface area (TPSA) is 55.1 Å². The summed E-state index contributed by atoms with van der Waals surface area (Å²) in [6.45, 7) is 4.69. The lowest BCUT2D eigenvalue weighted by Crippen LogP contribution is -2.28. The maximum Gasteiger partial charge on any atom is 0.251 e. The summed E-state index contributed by atoms with van der Waals surface area (Å²) >= 11 is 0. The highest BCUT2D eigenvalue weighted by Gasteiger charge is 2.17. The number of nitrogens with two attached hydrogens (primary N) is 1. The smallest absolute Gasteiger partial charge is 0.251 e. The molecule has 3 heteroatoms. The van der Waals surface area contributed by atoms with E-state index in [1.54, 1.807) is 6.07 Å². The lowest BCUT2D eigenvalue weighted by atomic mass is 9.83. The summed E-state index contributed by atoms with van der Waals surface area (Å²) in [5, 5.41) is 2.99. The number of aryl methyl sites for hydroxylation is 2. The molecule has 1 aliphatic carbocycles. The van der Waals surface area contributed by atoms with Gasteiger partial charge in [-0.2, -0.15) is 0 Å². The van der Waals surface area contributed by atoms with Gasteiger partial charge < -0.3 is 11.1 Å². The zero-order valence-corrected chi connectivity index (χ0v) is 11.3. The van der Waals surface area contributed by atoms with Crippen molar-refractivity contribution in [3.05, 3.63) is 28.8 Å². The van der Waals surface area contributed by atoms with Crippen LogP contribution in [0.5, 0.6) is 0 Å². The molecule has 0 radical (unpaired) electrons. The number of anilines is 1. The van der Waals surface area contributed by atoms with E-state index in [2.05, 4.69) is 5.32 Å². The minimum Gasteiger partial charge on any atom is -0.398 e. The summed E-state index contributed by atoms with van der Waals surface area (Å²) in [4.78, 5) is 12.1. The molecule has 1 fully saturated rings. The number of rotatable bonds is 4. The number of amides is 1. The Balaban J connectivity index is 1.93. The largest absolute Gasteiger partial charge is 0.398 e. The van der Waals surface area contributed by atoms with Crippen LogP contribution in [0.4, 0.5) is 5.69 Å². The predicted molar refractivity (Wildman–Crippen MR) is 74.6 cm³/mol. The molecule has 2 rings (SSSR count). The maximum absolute atomic E-state index is 12.1. The first-order valence-electron chi connectivity index (χ1n) is 6.73. The summed E-state index contributed by atoms with van der Waals surface area (Å²) < 4.78 is 0. The van der Waals surface area contributed by atoms with Crippen molar-refractivity contribution in [1.29, 1.82) is 0 Å². The number of benzene rings is 1. The summed E-state index contributed by atoms with van der Waals surface area (Å²) in [5.41, 5.74) is 9.26. The van der Waals surface area contributed by atoms with Crippen molar-refractivity contribution < 1.29 is 4.79 Å². The SMILES string of the molecule is Cc1cc(C)c(C(=O)NCCC2CCC2)cc1N. The van der Waals surface area contributed by atoms with E-state index in [0.717, 1.165) is 30.0 Å². The van der Waals surface area contributed by atoms with Crippen molar-refractivity contribution in [2.24, 2.45) is 5.92 Å². The fourth-order valence-electron chi connectivity index (χ4n) is 2.38.